The van der Waals surface area contributed by atoms with Crippen LogP contribution in [0.5, 0.6) is 5.75 Å². The SMILES string of the molecule is COCC(Nc1cccc(OCC#N)c1)C(C)C. The fourth-order valence-electron chi connectivity index (χ4n) is 1.59. The van der Waals surface area contributed by atoms with Crippen molar-refractivity contribution in [3.05, 3.63) is 24.3 Å². The van der Waals surface area contributed by atoms with Crippen molar-refractivity contribution in [2.75, 3.05) is 25.6 Å². The van der Waals surface area contributed by atoms with E-state index in [1.807, 2.05) is 30.3 Å². The second-order valence-electron chi connectivity index (χ2n) is 4.42. The molecule has 1 aromatic carbocycles. The van der Waals surface area contributed by atoms with Crippen LogP contribution < -0.4 is 10.1 Å². The van der Waals surface area contributed by atoms with Gasteiger partial charge in [-0.25, -0.2) is 0 Å². The van der Waals surface area contributed by atoms with Crippen LogP contribution in [0, 0.1) is 17.2 Å². The average Bonchev–Trinajstić information content (AvgIpc) is 2.36. The van der Waals surface area contributed by atoms with Gasteiger partial charge in [0.15, 0.2) is 6.61 Å². The molecular formula is C14H20N2O2. The highest BCUT2D eigenvalue weighted by Crippen LogP contribution is 2.19. The molecule has 1 aromatic rings. The van der Waals surface area contributed by atoms with Crippen molar-refractivity contribution in [3.8, 4) is 11.8 Å². The molecule has 0 spiro atoms. The van der Waals surface area contributed by atoms with E-state index in [1.165, 1.54) is 0 Å². The van der Waals surface area contributed by atoms with Gasteiger partial charge in [-0.3, -0.25) is 0 Å². The summed E-state index contributed by atoms with van der Waals surface area (Å²) in [6.45, 7) is 5.01. The number of rotatable bonds is 7. The molecule has 0 saturated heterocycles. The van der Waals surface area contributed by atoms with E-state index in [1.54, 1.807) is 7.11 Å². The Morgan fingerprint density at radius 2 is 2.17 bits per heavy atom. The van der Waals surface area contributed by atoms with Gasteiger partial charge in [0.1, 0.15) is 11.8 Å². The lowest BCUT2D eigenvalue weighted by atomic mass is 10.1. The number of benzene rings is 1. The summed E-state index contributed by atoms with van der Waals surface area (Å²) in [5.41, 5.74) is 0.973. The Morgan fingerprint density at radius 1 is 1.39 bits per heavy atom. The lowest BCUT2D eigenvalue weighted by Gasteiger charge is -2.23. The molecule has 0 heterocycles. The summed E-state index contributed by atoms with van der Waals surface area (Å²) in [5, 5.41) is 11.9. The van der Waals surface area contributed by atoms with Crippen molar-refractivity contribution in [2.24, 2.45) is 5.92 Å². The molecule has 1 N–H and O–H groups in total. The molecule has 0 aliphatic heterocycles. The van der Waals surface area contributed by atoms with Crippen molar-refractivity contribution in [3.63, 3.8) is 0 Å². The second-order valence-corrected chi connectivity index (χ2v) is 4.42. The minimum Gasteiger partial charge on any atom is -0.479 e. The molecule has 0 amide bonds. The molecule has 0 radical (unpaired) electrons. The molecule has 4 heteroatoms. The van der Waals surface area contributed by atoms with Crippen molar-refractivity contribution in [1.82, 2.24) is 0 Å². The monoisotopic (exact) mass is 248 g/mol. The summed E-state index contributed by atoms with van der Waals surface area (Å²) in [7, 11) is 1.70. The fraction of sp³-hybridized carbons (Fsp3) is 0.500. The first-order valence-corrected chi connectivity index (χ1v) is 6.02. The van der Waals surface area contributed by atoms with Crippen LogP contribution in [0.4, 0.5) is 5.69 Å². The first-order chi connectivity index (χ1) is 8.67. The predicted molar refractivity (Wildman–Crippen MR) is 71.7 cm³/mol. The molecule has 98 valence electrons. The maximum absolute atomic E-state index is 8.48. The van der Waals surface area contributed by atoms with Crippen LogP contribution in [0.25, 0.3) is 0 Å². The summed E-state index contributed by atoms with van der Waals surface area (Å²) in [6.07, 6.45) is 0. The maximum Gasteiger partial charge on any atom is 0.174 e. The van der Waals surface area contributed by atoms with Gasteiger partial charge in [-0.2, -0.15) is 5.26 Å². The van der Waals surface area contributed by atoms with Gasteiger partial charge >= 0.3 is 0 Å². The lowest BCUT2D eigenvalue weighted by Crippen LogP contribution is -2.30. The molecule has 0 aliphatic carbocycles. The number of anilines is 1. The van der Waals surface area contributed by atoms with E-state index >= 15 is 0 Å². The Morgan fingerprint density at radius 3 is 2.78 bits per heavy atom. The Kier molecular flexibility index (Phi) is 6.03. The summed E-state index contributed by atoms with van der Waals surface area (Å²) < 4.78 is 10.5. The number of methoxy groups -OCH3 is 1. The van der Waals surface area contributed by atoms with E-state index in [0.717, 1.165) is 5.69 Å². The first kappa shape index (κ1) is 14.3. The van der Waals surface area contributed by atoms with Crippen LogP contribution in [0.1, 0.15) is 13.8 Å². The summed E-state index contributed by atoms with van der Waals surface area (Å²) >= 11 is 0. The van der Waals surface area contributed by atoms with E-state index in [4.69, 9.17) is 14.7 Å². The number of nitriles is 1. The molecule has 18 heavy (non-hydrogen) atoms. The molecule has 0 aliphatic rings. The molecule has 4 nitrogen and oxygen atoms in total. The van der Waals surface area contributed by atoms with E-state index in [9.17, 15) is 0 Å². The fourth-order valence-corrected chi connectivity index (χ4v) is 1.59. The summed E-state index contributed by atoms with van der Waals surface area (Å²) in [5.74, 6) is 1.16. The smallest absolute Gasteiger partial charge is 0.174 e. The van der Waals surface area contributed by atoms with Gasteiger partial charge in [-0.1, -0.05) is 19.9 Å². The third-order valence-corrected chi connectivity index (χ3v) is 2.64. The maximum atomic E-state index is 8.48. The first-order valence-electron chi connectivity index (χ1n) is 6.02. The lowest BCUT2D eigenvalue weighted by molar-refractivity contribution is 0.171. The van der Waals surface area contributed by atoms with Gasteiger partial charge < -0.3 is 14.8 Å². The van der Waals surface area contributed by atoms with Crippen LogP contribution >= 0.6 is 0 Å². The van der Waals surface area contributed by atoms with E-state index in [-0.39, 0.29) is 12.6 Å². The summed E-state index contributed by atoms with van der Waals surface area (Å²) in [4.78, 5) is 0. The molecule has 1 unspecified atom stereocenters. The number of nitrogens with zero attached hydrogens (tertiary/aromatic N) is 1. The number of hydrogen-bond donors (Lipinski definition) is 1. The van der Waals surface area contributed by atoms with Crippen molar-refractivity contribution in [1.29, 1.82) is 5.26 Å². The zero-order valence-electron chi connectivity index (χ0n) is 11.1. The molecule has 0 fully saturated rings. The van der Waals surface area contributed by atoms with Crippen molar-refractivity contribution in [2.45, 2.75) is 19.9 Å². The molecular weight excluding hydrogens is 228 g/mol. The Bertz CT molecular complexity index is 399. The van der Waals surface area contributed by atoms with Gasteiger partial charge in [-0.05, 0) is 18.1 Å². The normalized spacial score (nSPS) is 11.9. The molecule has 0 aromatic heterocycles. The highest BCUT2D eigenvalue weighted by atomic mass is 16.5. The van der Waals surface area contributed by atoms with Gasteiger partial charge in [0.05, 0.1) is 12.6 Å². The standard InChI is InChI=1S/C14H20N2O2/c1-11(2)14(10-17-3)16-12-5-4-6-13(9-12)18-8-7-15/h4-6,9,11,14,16H,8,10H2,1-3H3. The Labute approximate surface area is 109 Å². The number of hydrogen-bond acceptors (Lipinski definition) is 4. The number of nitrogens with one attached hydrogen (secondary N) is 1. The Hall–Kier alpha value is -1.73. The van der Waals surface area contributed by atoms with Crippen LogP contribution in [-0.2, 0) is 4.74 Å². The average molecular weight is 248 g/mol. The predicted octanol–water partition coefficient (Wildman–Crippen LogP) is 2.67. The number of ether oxygens (including phenoxy) is 2. The van der Waals surface area contributed by atoms with Gasteiger partial charge in [0, 0.05) is 18.9 Å². The molecule has 0 saturated carbocycles. The van der Waals surface area contributed by atoms with Crippen LogP contribution in [0.2, 0.25) is 0 Å². The Balaban J connectivity index is 2.68. The molecule has 1 rings (SSSR count). The van der Waals surface area contributed by atoms with E-state index in [2.05, 4.69) is 19.2 Å². The minimum absolute atomic E-state index is 0.0646. The van der Waals surface area contributed by atoms with E-state index < -0.39 is 0 Å². The third kappa shape index (κ3) is 4.64. The highest BCUT2D eigenvalue weighted by Gasteiger charge is 2.12. The van der Waals surface area contributed by atoms with Gasteiger partial charge in [0.25, 0.3) is 0 Å². The molecule has 1 atom stereocenters. The topological polar surface area (TPSA) is 54.3 Å². The van der Waals surface area contributed by atoms with Crippen molar-refractivity contribution < 1.29 is 9.47 Å². The quantitative estimate of drug-likeness (QED) is 0.806. The van der Waals surface area contributed by atoms with E-state index in [0.29, 0.717) is 18.3 Å². The molecule has 0 bridgehead atoms. The van der Waals surface area contributed by atoms with Crippen LogP contribution in [0.3, 0.4) is 0 Å². The largest absolute Gasteiger partial charge is 0.479 e. The van der Waals surface area contributed by atoms with Crippen LogP contribution in [0.15, 0.2) is 24.3 Å². The summed E-state index contributed by atoms with van der Waals surface area (Å²) in [6, 6.07) is 9.81. The van der Waals surface area contributed by atoms with Gasteiger partial charge in [0.2, 0.25) is 0 Å². The zero-order valence-corrected chi connectivity index (χ0v) is 11.1. The van der Waals surface area contributed by atoms with Crippen LogP contribution in [-0.4, -0.2) is 26.4 Å². The second kappa shape index (κ2) is 7.57. The third-order valence-electron chi connectivity index (χ3n) is 2.64. The zero-order chi connectivity index (χ0) is 13.4. The van der Waals surface area contributed by atoms with Gasteiger partial charge in [-0.15, -0.1) is 0 Å². The highest BCUT2D eigenvalue weighted by molar-refractivity contribution is 5.49. The minimum atomic E-state index is 0.0646. The van der Waals surface area contributed by atoms with Crippen molar-refractivity contribution >= 4 is 5.69 Å².